The number of hydrogen-bond donors (Lipinski definition) is 2. The number of phenolic OH excluding ortho intramolecular Hbond substituents is 1. The van der Waals surface area contributed by atoms with E-state index in [1.165, 1.54) is 50.3 Å². The quantitative estimate of drug-likeness (QED) is 0.600. The number of nitrogens with one attached hydrogen (secondary N) is 1. The maximum Gasteiger partial charge on any atom is 0.236 e. The first kappa shape index (κ1) is 18.0. The van der Waals surface area contributed by atoms with Crippen molar-refractivity contribution < 1.29 is 14.6 Å². The van der Waals surface area contributed by atoms with Crippen molar-refractivity contribution >= 4 is 29.1 Å². The molecule has 7 heteroatoms. The summed E-state index contributed by atoms with van der Waals surface area (Å²) in [6.45, 7) is 0. The van der Waals surface area contributed by atoms with E-state index in [9.17, 15) is 9.90 Å². The Labute approximate surface area is 168 Å². The molecule has 1 aromatic rings. The second-order valence-corrected chi connectivity index (χ2v) is 9.77. The Hall–Kier alpha value is -2.02. The molecular formula is C21H25N3O3S. The fraction of sp³-hybridized carbons (Fsp3) is 0.571. The van der Waals surface area contributed by atoms with Crippen LogP contribution in [0.3, 0.4) is 0 Å². The van der Waals surface area contributed by atoms with Crippen LogP contribution in [0, 0.1) is 17.8 Å². The topological polar surface area (TPSA) is 83.3 Å². The van der Waals surface area contributed by atoms with Gasteiger partial charge in [0, 0.05) is 5.56 Å². The van der Waals surface area contributed by atoms with Crippen LogP contribution in [0.5, 0.6) is 11.5 Å². The lowest BCUT2D eigenvalue weighted by Gasteiger charge is -2.57. The summed E-state index contributed by atoms with van der Waals surface area (Å²) in [5, 5.41) is 22.4. The highest BCUT2D eigenvalue weighted by Crippen LogP contribution is 2.62. The highest BCUT2D eigenvalue weighted by molar-refractivity contribution is 8.15. The maximum absolute atomic E-state index is 11.2. The molecule has 148 valence electrons. The number of aromatic hydroxyl groups is 1. The molecule has 1 saturated heterocycles. The lowest BCUT2D eigenvalue weighted by Crippen LogP contribution is -2.48. The van der Waals surface area contributed by atoms with Gasteiger partial charge >= 0.3 is 0 Å². The Bertz CT molecular complexity index is 845. The monoisotopic (exact) mass is 399 g/mol. The van der Waals surface area contributed by atoms with Crippen LogP contribution < -0.4 is 10.1 Å². The van der Waals surface area contributed by atoms with Crippen molar-refractivity contribution in [1.82, 2.24) is 5.32 Å². The standard InChI is InChI=1S/C21H25N3O3S/c1-27-17-6-15(10-22-24-20-23-18(25)11-28-20)5-16(19(17)26)21-7-12-2-13(8-21)4-14(3-12)9-21/h5-6,10,12-14,26H,2-4,7-9,11H2,1H3,(H,23,24,25). The molecule has 0 aromatic heterocycles. The van der Waals surface area contributed by atoms with Gasteiger partial charge in [0.1, 0.15) is 0 Å². The summed E-state index contributed by atoms with van der Waals surface area (Å²) in [4.78, 5) is 11.2. The van der Waals surface area contributed by atoms with Crippen LogP contribution in [0.4, 0.5) is 0 Å². The number of carbonyl (C=O) groups is 1. The number of methoxy groups -OCH3 is 1. The zero-order valence-corrected chi connectivity index (χ0v) is 16.8. The van der Waals surface area contributed by atoms with E-state index in [0.717, 1.165) is 28.9 Å². The summed E-state index contributed by atoms with van der Waals surface area (Å²) in [5.74, 6) is 3.50. The lowest BCUT2D eigenvalue weighted by molar-refractivity contribution is -0.116. The Balaban J connectivity index is 1.48. The number of rotatable bonds is 4. The molecule has 1 heterocycles. The average molecular weight is 400 g/mol. The van der Waals surface area contributed by atoms with Crippen LogP contribution in [0.1, 0.15) is 49.7 Å². The zero-order chi connectivity index (χ0) is 19.3. The highest BCUT2D eigenvalue weighted by atomic mass is 32.2. The predicted molar refractivity (Wildman–Crippen MR) is 110 cm³/mol. The van der Waals surface area contributed by atoms with E-state index >= 15 is 0 Å². The van der Waals surface area contributed by atoms with Gasteiger partial charge in [0.25, 0.3) is 0 Å². The smallest absolute Gasteiger partial charge is 0.236 e. The molecular weight excluding hydrogens is 374 g/mol. The van der Waals surface area contributed by atoms with E-state index in [2.05, 4.69) is 21.6 Å². The molecule has 4 saturated carbocycles. The average Bonchev–Trinajstić information content (AvgIpc) is 3.06. The Morgan fingerprint density at radius 3 is 2.46 bits per heavy atom. The Morgan fingerprint density at radius 2 is 1.89 bits per heavy atom. The molecule has 1 aromatic carbocycles. The van der Waals surface area contributed by atoms with Gasteiger partial charge in [0.2, 0.25) is 5.91 Å². The molecule has 1 amide bonds. The maximum atomic E-state index is 11.2. The van der Waals surface area contributed by atoms with Gasteiger partial charge < -0.3 is 15.2 Å². The SMILES string of the molecule is COc1cc(C=NN=C2NC(=O)CS2)cc(C23CC4CC(CC(C4)C2)C3)c1O. The number of amidine groups is 1. The second-order valence-electron chi connectivity index (χ2n) is 8.80. The molecule has 5 fully saturated rings. The largest absolute Gasteiger partial charge is 0.504 e. The fourth-order valence-corrected chi connectivity index (χ4v) is 6.86. The summed E-state index contributed by atoms with van der Waals surface area (Å²) in [6, 6.07) is 3.86. The molecule has 6 nitrogen and oxygen atoms in total. The highest BCUT2D eigenvalue weighted by Gasteiger charge is 2.52. The summed E-state index contributed by atoms with van der Waals surface area (Å²) in [7, 11) is 1.59. The molecule has 0 spiro atoms. The lowest BCUT2D eigenvalue weighted by atomic mass is 9.48. The van der Waals surface area contributed by atoms with E-state index in [0.29, 0.717) is 16.7 Å². The van der Waals surface area contributed by atoms with Crippen molar-refractivity contribution in [2.45, 2.75) is 43.9 Å². The third-order valence-electron chi connectivity index (χ3n) is 6.87. The first-order valence-corrected chi connectivity index (χ1v) is 11.0. The number of ether oxygens (including phenoxy) is 1. The Kier molecular flexibility index (Phi) is 4.38. The van der Waals surface area contributed by atoms with Crippen molar-refractivity contribution in [3.05, 3.63) is 23.3 Å². The normalized spacial score (nSPS) is 35.1. The van der Waals surface area contributed by atoms with Crippen LogP contribution >= 0.6 is 11.8 Å². The summed E-state index contributed by atoms with van der Waals surface area (Å²) >= 11 is 1.35. The number of nitrogens with zero attached hydrogens (tertiary/aromatic N) is 2. The van der Waals surface area contributed by atoms with Crippen molar-refractivity contribution in [3.8, 4) is 11.5 Å². The summed E-state index contributed by atoms with van der Waals surface area (Å²) in [6.07, 6.45) is 9.26. The van der Waals surface area contributed by atoms with E-state index < -0.39 is 0 Å². The van der Waals surface area contributed by atoms with Gasteiger partial charge in [-0.2, -0.15) is 5.10 Å². The number of benzene rings is 1. The van der Waals surface area contributed by atoms with Gasteiger partial charge in [0.15, 0.2) is 16.7 Å². The molecule has 0 unspecified atom stereocenters. The van der Waals surface area contributed by atoms with Gasteiger partial charge in [-0.1, -0.05) is 11.8 Å². The van der Waals surface area contributed by atoms with Gasteiger partial charge in [-0.15, -0.1) is 5.10 Å². The van der Waals surface area contributed by atoms with Crippen LogP contribution in [-0.4, -0.2) is 35.3 Å². The molecule has 2 N–H and O–H groups in total. The summed E-state index contributed by atoms with van der Waals surface area (Å²) in [5.41, 5.74) is 1.94. The molecule has 28 heavy (non-hydrogen) atoms. The molecule has 0 radical (unpaired) electrons. The van der Waals surface area contributed by atoms with Crippen molar-refractivity contribution in [2.24, 2.45) is 28.0 Å². The van der Waals surface area contributed by atoms with Crippen LogP contribution in [0.2, 0.25) is 0 Å². The van der Waals surface area contributed by atoms with Crippen LogP contribution in [0.25, 0.3) is 0 Å². The molecule has 4 bridgehead atoms. The van der Waals surface area contributed by atoms with E-state index in [4.69, 9.17) is 4.74 Å². The van der Waals surface area contributed by atoms with Gasteiger partial charge in [-0.3, -0.25) is 4.79 Å². The van der Waals surface area contributed by atoms with Crippen molar-refractivity contribution in [2.75, 3.05) is 12.9 Å². The fourth-order valence-electron chi connectivity index (χ4n) is 6.23. The number of amides is 1. The minimum atomic E-state index is -0.0469. The number of phenols is 1. The Morgan fingerprint density at radius 1 is 1.21 bits per heavy atom. The minimum absolute atomic E-state index is 0.0469. The van der Waals surface area contributed by atoms with Crippen LogP contribution in [0.15, 0.2) is 22.3 Å². The van der Waals surface area contributed by atoms with Gasteiger partial charge in [0.05, 0.1) is 19.1 Å². The predicted octanol–water partition coefficient (Wildman–Crippen LogP) is 3.42. The van der Waals surface area contributed by atoms with Crippen molar-refractivity contribution in [3.63, 3.8) is 0 Å². The molecule has 4 aliphatic carbocycles. The van der Waals surface area contributed by atoms with Crippen molar-refractivity contribution in [1.29, 1.82) is 0 Å². The van der Waals surface area contributed by atoms with Gasteiger partial charge in [-0.25, -0.2) is 0 Å². The number of thioether (sulfide) groups is 1. The van der Waals surface area contributed by atoms with Gasteiger partial charge in [-0.05, 0) is 79.4 Å². The first-order chi connectivity index (χ1) is 13.5. The molecule has 6 rings (SSSR count). The second kappa shape index (κ2) is 6.79. The molecule has 5 aliphatic rings. The third kappa shape index (κ3) is 3.09. The number of hydrogen-bond acceptors (Lipinski definition) is 6. The molecule has 0 atom stereocenters. The first-order valence-electron chi connectivity index (χ1n) is 10.00. The summed E-state index contributed by atoms with van der Waals surface area (Å²) < 4.78 is 5.47. The minimum Gasteiger partial charge on any atom is -0.504 e. The van der Waals surface area contributed by atoms with E-state index in [-0.39, 0.29) is 17.1 Å². The van der Waals surface area contributed by atoms with E-state index in [1.807, 2.05) is 0 Å². The van der Waals surface area contributed by atoms with E-state index in [1.54, 1.807) is 19.4 Å². The zero-order valence-electron chi connectivity index (χ0n) is 16.0. The number of carbonyl (C=O) groups excluding carboxylic acids is 1. The van der Waals surface area contributed by atoms with Crippen LogP contribution in [-0.2, 0) is 10.2 Å². The molecule has 1 aliphatic heterocycles. The third-order valence-corrected chi connectivity index (χ3v) is 7.73.